The second-order valence-electron chi connectivity index (χ2n) is 4.65. The maximum atomic E-state index is 12.5. The van der Waals surface area contributed by atoms with Crippen LogP contribution in [0, 0.1) is 6.92 Å². The molecule has 0 amide bonds. The molecule has 1 heterocycles. The Morgan fingerprint density at radius 1 is 1.20 bits per heavy atom. The Bertz CT molecular complexity index is 790. The van der Waals surface area contributed by atoms with Crippen LogP contribution in [-0.4, -0.2) is 10.8 Å². The van der Waals surface area contributed by atoms with Crippen LogP contribution >= 0.6 is 0 Å². The molecule has 0 radical (unpaired) electrons. The average molecular weight is 266 g/mol. The number of rotatable bonds is 3. The van der Waals surface area contributed by atoms with Gasteiger partial charge in [0.1, 0.15) is 5.52 Å². The van der Waals surface area contributed by atoms with E-state index in [4.69, 9.17) is 10.2 Å². The van der Waals surface area contributed by atoms with E-state index in [1.807, 2.05) is 18.2 Å². The van der Waals surface area contributed by atoms with Crippen molar-refractivity contribution in [1.82, 2.24) is 4.98 Å². The molecule has 0 saturated carbocycles. The van der Waals surface area contributed by atoms with Crippen molar-refractivity contribution in [3.8, 4) is 0 Å². The average Bonchev–Trinajstić information content (AvgIpc) is 2.85. The summed E-state index contributed by atoms with van der Waals surface area (Å²) in [6.45, 7) is 2.20. The number of fused-ring (bicyclic) bond motifs is 1. The molecule has 0 bridgehead atoms. The molecule has 0 spiro atoms. The van der Waals surface area contributed by atoms with Crippen LogP contribution in [0.2, 0.25) is 0 Å². The lowest BCUT2D eigenvalue weighted by Gasteiger charge is -2.03. The minimum absolute atomic E-state index is 0.0390. The van der Waals surface area contributed by atoms with E-state index in [1.165, 1.54) is 0 Å². The van der Waals surface area contributed by atoms with Crippen LogP contribution in [0.5, 0.6) is 0 Å². The summed E-state index contributed by atoms with van der Waals surface area (Å²) in [7, 11) is 0. The summed E-state index contributed by atoms with van der Waals surface area (Å²) in [6, 6.07) is 12.6. The largest absolute Gasteiger partial charge is 0.441 e. The van der Waals surface area contributed by atoms with Gasteiger partial charge in [-0.05, 0) is 29.8 Å². The maximum Gasteiger partial charge on any atom is 0.193 e. The standard InChI is InChI=1S/C16H14N2O2/c1-10-18-14-8-13(5-6-15(14)20-10)16(19)12-4-2-3-11(7-12)9-17/h2-8H,9,17H2,1H3. The molecule has 4 nitrogen and oxygen atoms in total. The van der Waals surface area contributed by atoms with E-state index >= 15 is 0 Å². The molecule has 2 N–H and O–H groups in total. The van der Waals surface area contributed by atoms with E-state index in [-0.39, 0.29) is 5.78 Å². The first-order valence-electron chi connectivity index (χ1n) is 6.38. The van der Waals surface area contributed by atoms with Gasteiger partial charge in [0.2, 0.25) is 0 Å². The van der Waals surface area contributed by atoms with E-state index in [9.17, 15) is 4.79 Å². The zero-order valence-electron chi connectivity index (χ0n) is 11.1. The lowest BCUT2D eigenvalue weighted by Crippen LogP contribution is -2.03. The van der Waals surface area contributed by atoms with Gasteiger partial charge in [0.15, 0.2) is 17.3 Å². The Morgan fingerprint density at radius 2 is 2.00 bits per heavy atom. The molecular formula is C16H14N2O2. The highest BCUT2D eigenvalue weighted by atomic mass is 16.3. The molecule has 0 saturated heterocycles. The highest BCUT2D eigenvalue weighted by Crippen LogP contribution is 2.19. The van der Waals surface area contributed by atoms with E-state index in [2.05, 4.69) is 4.98 Å². The molecular weight excluding hydrogens is 252 g/mol. The van der Waals surface area contributed by atoms with Crippen molar-refractivity contribution >= 4 is 16.9 Å². The Hall–Kier alpha value is -2.46. The molecule has 0 unspecified atom stereocenters. The maximum absolute atomic E-state index is 12.5. The highest BCUT2D eigenvalue weighted by molar-refractivity contribution is 6.10. The van der Waals surface area contributed by atoms with Gasteiger partial charge in [0, 0.05) is 24.6 Å². The number of benzene rings is 2. The van der Waals surface area contributed by atoms with Gasteiger partial charge in [-0.3, -0.25) is 4.79 Å². The summed E-state index contributed by atoms with van der Waals surface area (Å²) >= 11 is 0. The Morgan fingerprint density at radius 3 is 2.80 bits per heavy atom. The SMILES string of the molecule is Cc1nc2cc(C(=O)c3cccc(CN)c3)ccc2o1. The van der Waals surface area contributed by atoms with Crippen LogP contribution in [0.1, 0.15) is 27.4 Å². The quantitative estimate of drug-likeness (QED) is 0.740. The molecule has 0 aliphatic heterocycles. The minimum atomic E-state index is -0.0390. The number of hydrogen-bond donors (Lipinski definition) is 1. The summed E-state index contributed by atoms with van der Waals surface area (Å²) in [5, 5.41) is 0. The fourth-order valence-corrected chi connectivity index (χ4v) is 2.19. The first-order valence-corrected chi connectivity index (χ1v) is 6.38. The van der Waals surface area contributed by atoms with Crippen molar-refractivity contribution in [2.24, 2.45) is 5.73 Å². The molecule has 100 valence electrons. The Labute approximate surface area is 116 Å². The summed E-state index contributed by atoms with van der Waals surface area (Å²) in [4.78, 5) is 16.7. The van der Waals surface area contributed by atoms with Crippen LogP contribution in [0.25, 0.3) is 11.1 Å². The molecule has 0 aliphatic rings. The molecule has 3 aromatic rings. The molecule has 20 heavy (non-hydrogen) atoms. The molecule has 0 fully saturated rings. The summed E-state index contributed by atoms with van der Waals surface area (Å²) in [5.74, 6) is 0.553. The molecule has 2 aromatic carbocycles. The molecule has 0 aliphatic carbocycles. The molecule has 3 rings (SSSR count). The monoisotopic (exact) mass is 266 g/mol. The van der Waals surface area contributed by atoms with Crippen molar-refractivity contribution in [1.29, 1.82) is 0 Å². The fourth-order valence-electron chi connectivity index (χ4n) is 2.19. The van der Waals surface area contributed by atoms with Crippen molar-refractivity contribution < 1.29 is 9.21 Å². The Kier molecular flexibility index (Phi) is 3.08. The lowest BCUT2D eigenvalue weighted by molar-refractivity contribution is 0.103. The van der Waals surface area contributed by atoms with Gasteiger partial charge in [0.25, 0.3) is 0 Å². The zero-order valence-corrected chi connectivity index (χ0v) is 11.1. The zero-order chi connectivity index (χ0) is 14.1. The van der Waals surface area contributed by atoms with E-state index in [1.54, 1.807) is 31.2 Å². The number of carbonyl (C=O) groups excluding carboxylic acids is 1. The van der Waals surface area contributed by atoms with E-state index in [0.29, 0.717) is 34.7 Å². The predicted molar refractivity (Wildman–Crippen MR) is 76.5 cm³/mol. The predicted octanol–water partition coefficient (Wildman–Crippen LogP) is 2.83. The Balaban J connectivity index is 2.02. The fraction of sp³-hybridized carbons (Fsp3) is 0.125. The molecule has 4 heteroatoms. The smallest absolute Gasteiger partial charge is 0.193 e. The number of ketones is 1. The van der Waals surface area contributed by atoms with Crippen LogP contribution in [0.4, 0.5) is 0 Å². The third kappa shape index (κ3) is 2.21. The number of carbonyl (C=O) groups is 1. The van der Waals surface area contributed by atoms with Gasteiger partial charge >= 0.3 is 0 Å². The van der Waals surface area contributed by atoms with Gasteiger partial charge in [-0.2, -0.15) is 0 Å². The van der Waals surface area contributed by atoms with Gasteiger partial charge in [0.05, 0.1) is 0 Å². The summed E-state index contributed by atoms with van der Waals surface area (Å²) in [5.41, 5.74) is 9.16. The van der Waals surface area contributed by atoms with E-state index < -0.39 is 0 Å². The normalized spacial score (nSPS) is 10.9. The molecule has 0 atom stereocenters. The van der Waals surface area contributed by atoms with Crippen molar-refractivity contribution in [3.05, 3.63) is 65.0 Å². The van der Waals surface area contributed by atoms with E-state index in [0.717, 1.165) is 5.56 Å². The van der Waals surface area contributed by atoms with Crippen molar-refractivity contribution in [3.63, 3.8) is 0 Å². The van der Waals surface area contributed by atoms with Gasteiger partial charge in [-0.1, -0.05) is 18.2 Å². The number of nitrogens with two attached hydrogens (primary N) is 1. The van der Waals surface area contributed by atoms with Crippen LogP contribution in [-0.2, 0) is 6.54 Å². The number of aromatic nitrogens is 1. The third-order valence-electron chi connectivity index (χ3n) is 3.18. The lowest BCUT2D eigenvalue weighted by atomic mass is 10.0. The topological polar surface area (TPSA) is 69.1 Å². The third-order valence-corrected chi connectivity index (χ3v) is 3.18. The highest BCUT2D eigenvalue weighted by Gasteiger charge is 2.12. The number of oxazole rings is 1. The second-order valence-corrected chi connectivity index (χ2v) is 4.65. The van der Waals surface area contributed by atoms with Crippen LogP contribution in [0.15, 0.2) is 46.9 Å². The number of nitrogens with zero attached hydrogens (tertiary/aromatic N) is 1. The second kappa shape index (κ2) is 4.90. The summed E-state index contributed by atoms with van der Waals surface area (Å²) < 4.78 is 5.41. The number of hydrogen-bond acceptors (Lipinski definition) is 4. The van der Waals surface area contributed by atoms with Crippen molar-refractivity contribution in [2.75, 3.05) is 0 Å². The van der Waals surface area contributed by atoms with Gasteiger partial charge in [-0.25, -0.2) is 4.98 Å². The number of aryl methyl sites for hydroxylation is 1. The van der Waals surface area contributed by atoms with Crippen molar-refractivity contribution in [2.45, 2.75) is 13.5 Å². The van der Waals surface area contributed by atoms with Crippen LogP contribution < -0.4 is 5.73 Å². The first kappa shape index (κ1) is 12.6. The van der Waals surface area contributed by atoms with Gasteiger partial charge < -0.3 is 10.2 Å². The summed E-state index contributed by atoms with van der Waals surface area (Å²) in [6.07, 6.45) is 0. The van der Waals surface area contributed by atoms with Gasteiger partial charge in [-0.15, -0.1) is 0 Å². The first-order chi connectivity index (χ1) is 9.67. The molecule has 1 aromatic heterocycles. The minimum Gasteiger partial charge on any atom is -0.441 e. The van der Waals surface area contributed by atoms with Crippen LogP contribution in [0.3, 0.4) is 0 Å².